The lowest BCUT2D eigenvalue weighted by Crippen LogP contribution is -2.35. The predicted molar refractivity (Wildman–Crippen MR) is 104 cm³/mol. The Labute approximate surface area is 164 Å². The zero-order valence-electron chi connectivity index (χ0n) is 15.5. The number of benzene rings is 1. The summed E-state index contributed by atoms with van der Waals surface area (Å²) in [5.74, 6) is -0.653. The van der Waals surface area contributed by atoms with Crippen LogP contribution in [0.3, 0.4) is 0 Å². The average Bonchev–Trinajstić information content (AvgIpc) is 3.05. The van der Waals surface area contributed by atoms with Gasteiger partial charge in [-0.2, -0.15) is 0 Å². The molecule has 1 aliphatic heterocycles. The van der Waals surface area contributed by atoms with Crippen LogP contribution in [0.25, 0.3) is 11.0 Å². The molecule has 0 unspecified atom stereocenters. The molecule has 1 aromatic heterocycles. The summed E-state index contributed by atoms with van der Waals surface area (Å²) in [6.07, 6.45) is 8.10. The molecule has 4 rings (SSSR count). The van der Waals surface area contributed by atoms with Crippen LogP contribution in [0.2, 0.25) is 0 Å². The molecule has 0 radical (unpaired) electrons. The van der Waals surface area contributed by atoms with Gasteiger partial charge in [0.2, 0.25) is 0 Å². The normalized spacial score (nSPS) is 24.9. The summed E-state index contributed by atoms with van der Waals surface area (Å²) < 4.78 is 32.1. The van der Waals surface area contributed by atoms with Gasteiger partial charge < -0.3 is 15.2 Å². The number of fused-ring (bicyclic) bond motifs is 1. The second-order valence-electron chi connectivity index (χ2n) is 8.02. The fourth-order valence-corrected chi connectivity index (χ4v) is 4.52. The van der Waals surface area contributed by atoms with Crippen molar-refractivity contribution in [2.24, 2.45) is 11.7 Å². The maximum atomic E-state index is 13.6. The smallest absolute Gasteiger partial charge is 0.170 e. The SMILES string of the molecule is Cl.N[C@H]1CC[C@H](CCN2CCC(c3noc4cc(F)c(F)cc34)CC2)CC1. The Balaban J connectivity index is 0.00000210. The van der Waals surface area contributed by atoms with Gasteiger partial charge in [0, 0.05) is 23.4 Å². The van der Waals surface area contributed by atoms with E-state index in [4.69, 9.17) is 10.3 Å². The number of hydrogen-bond acceptors (Lipinski definition) is 4. The lowest BCUT2D eigenvalue weighted by atomic mass is 9.84. The van der Waals surface area contributed by atoms with Crippen molar-refractivity contribution in [1.82, 2.24) is 10.1 Å². The first-order valence-corrected chi connectivity index (χ1v) is 9.82. The summed E-state index contributed by atoms with van der Waals surface area (Å²) in [7, 11) is 0. The lowest BCUT2D eigenvalue weighted by Gasteiger charge is -2.33. The molecule has 1 aliphatic carbocycles. The van der Waals surface area contributed by atoms with Gasteiger partial charge in [0.25, 0.3) is 0 Å². The highest BCUT2D eigenvalue weighted by molar-refractivity contribution is 5.85. The van der Waals surface area contributed by atoms with E-state index >= 15 is 0 Å². The molecule has 7 heteroatoms. The van der Waals surface area contributed by atoms with Crippen LogP contribution in [0.4, 0.5) is 8.78 Å². The lowest BCUT2D eigenvalue weighted by molar-refractivity contribution is 0.184. The van der Waals surface area contributed by atoms with Crippen molar-refractivity contribution in [3.8, 4) is 0 Å². The van der Waals surface area contributed by atoms with Crippen molar-refractivity contribution in [1.29, 1.82) is 0 Å². The van der Waals surface area contributed by atoms with Gasteiger partial charge in [-0.3, -0.25) is 0 Å². The number of halogens is 3. The number of rotatable bonds is 4. The van der Waals surface area contributed by atoms with Crippen LogP contribution in [0.5, 0.6) is 0 Å². The van der Waals surface area contributed by atoms with Crippen LogP contribution in [0.1, 0.15) is 56.6 Å². The summed E-state index contributed by atoms with van der Waals surface area (Å²) in [4.78, 5) is 2.52. The average molecular weight is 400 g/mol. The van der Waals surface area contributed by atoms with Crippen LogP contribution in [0.15, 0.2) is 16.7 Å². The van der Waals surface area contributed by atoms with Crippen molar-refractivity contribution in [2.45, 2.75) is 56.9 Å². The molecule has 0 atom stereocenters. The van der Waals surface area contributed by atoms with Crippen LogP contribution in [-0.2, 0) is 0 Å². The molecule has 2 aliphatic rings. The molecule has 0 bridgehead atoms. The van der Waals surface area contributed by atoms with Crippen LogP contribution >= 0.6 is 12.4 Å². The van der Waals surface area contributed by atoms with Gasteiger partial charge in [0.05, 0.1) is 5.69 Å². The molecule has 0 amide bonds. The highest BCUT2D eigenvalue weighted by Crippen LogP contribution is 2.34. The minimum absolute atomic E-state index is 0. The summed E-state index contributed by atoms with van der Waals surface area (Å²) >= 11 is 0. The van der Waals surface area contributed by atoms with E-state index in [2.05, 4.69) is 10.1 Å². The number of likely N-dealkylation sites (tertiary alicyclic amines) is 1. The summed E-state index contributed by atoms with van der Waals surface area (Å²) in [6.45, 7) is 3.19. The molecule has 2 heterocycles. The van der Waals surface area contributed by atoms with Crippen LogP contribution in [0, 0.1) is 17.6 Å². The van der Waals surface area contributed by atoms with Crippen LogP contribution < -0.4 is 5.73 Å². The van der Waals surface area contributed by atoms with Crippen LogP contribution in [-0.4, -0.2) is 35.7 Å². The minimum atomic E-state index is -0.890. The Hall–Kier alpha value is -1.24. The third kappa shape index (κ3) is 4.61. The molecule has 0 spiro atoms. The van der Waals surface area contributed by atoms with E-state index in [1.807, 2.05) is 0 Å². The maximum absolute atomic E-state index is 13.6. The minimum Gasteiger partial charge on any atom is -0.356 e. The molecule has 1 saturated carbocycles. The topological polar surface area (TPSA) is 55.3 Å². The molecule has 4 nitrogen and oxygen atoms in total. The Bertz CT molecular complexity index is 753. The third-order valence-corrected chi connectivity index (χ3v) is 6.26. The summed E-state index contributed by atoms with van der Waals surface area (Å²) in [5.41, 5.74) is 7.09. The number of nitrogens with two attached hydrogens (primary N) is 1. The van der Waals surface area contributed by atoms with Crippen molar-refractivity contribution in [3.05, 3.63) is 29.5 Å². The maximum Gasteiger partial charge on any atom is 0.170 e. The monoisotopic (exact) mass is 399 g/mol. The molecular weight excluding hydrogens is 372 g/mol. The quantitative estimate of drug-likeness (QED) is 0.815. The van der Waals surface area contributed by atoms with E-state index in [9.17, 15) is 8.78 Å². The van der Waals surface area contributed by atoms with E-state index in [1.165, 1.54) is 38.2 Å². The first-order valence-electron chi connectivity index (χ1n) is 9.82. The van der Waals surface area contributed by atoms with E-state index in [1.54, 1.807) is 0 Å². The fraction of sp³-hybridized carbons (Fsp3) is 0.650. The highest BCUT2D eigenvalue weighted by Gasteiger charge is 2.26. The molecule has 150 valence electrons. The molecule has 1 saturated heterocycles. The predicted octanol–water partition coefficient (Wildman–Crippen LogP) is 4.61. The highest BCUT2D eigenvalue weighted by atomic mass is 35.5. The third-order valence-electron chi connectivity index (χ3n) is 6.26. The molecule has 1 aromatic carbocycles. The first kappa shape index (κ1) is 20.5. The van der Waals surface area contributed by atoms with Crippen molar-refractivity contribution >= 4 is 23.4 Å². The molecule has 27 heavy (non-hydrogen) atoms. The Morgan fingerprint density at radius 2 is 1.70 bits per heavy atom. The zero-order valence-corrected chi connectivity index (χ0v) is 16.3. The van der Waals surface area contributed by atoms with Gasteiger partial charge in [-0.15, -0.1) is 12.4 Å². The van der Waals surface area contributed by atoms with E-state index < -0.39 is 11.6 Å². The molecule has 2 fully saturated rings. The van der Waals surface area contributed by atoms with Gasteiger partial charge >= 0.3 is 0 Å². The van der Waals surface area contributed by atoms with Gasteiger partial charge in [-0.1, -0.05) is 5.16 Å². The first-order chi connectivity index (χ1) is 12.6. The second kappa shape index (κ2) is 8.84. The van der Waals surface area contributed by atoms with E-state index in [-0.39, 0.29) is 18.3 Å². The summed E-state index contributed by atoms with van der Waals surface area (Å²) in [5, 5.41) is 4.73. The second-order valence-corrected chi connectivity index (χ2v) is 8.02. The standard InChI is InChI=1S/C20H27F2N3O.ClH/c21-17-11-16-19(12-18(17)22)26-24-20(16)14-6-9-25(10-7-14)8-5-13-1-3-15(23)4-2-13;/h11-15H,1-10,23H2;1H/t13-,15-;. The van der Waals surface area contributed by atoms with E-state index in [0.717, 1.165) is 50.2 Å². The largest absolute Gasteiger partial charge is 0.356 e. The van der Waals surface area contributed by atoms with Gasteiger partial charge in [0.15, 0.2) is 17.2 Å². The number of nitrogens with zero attached hydrogens (tertiary/aromatic N) is 2. The van der Waals surface area contributed by atoms with Crippen molar-refractivity contribution in [3.63, 3.8) is 0 Å². The molecular formula is C20H28ClF2N3O. The van der Waals surface area contributed by atoms with Crippen molar-refractivity contribution < 1.29 is 13.3 Å². The molecule has 2 aromatic rings. The van der Waals surface area contributed by atoms with Crippen molar-refractivity contribution in [2.75, 3.05) is 19.6 Å². The Morgan fingerprint density at radius 3 is 2.41 bits per heavy atom. The van der Waals surface area contributed by atoms with E-state index in [0.29, 0.717) is 17.0 Å². The fourth-order valence-electron chi connectivity index (χ4n) is 4.52. The Kier molecular flexibility index (Phi) is 6.71. The summed E-state index contributed by atoms with van der Waals surface area (Å²) in [6, 6.07) is 2.72. The number of hydrogen-bond donors (Lipinski definition) is 1. The number of piperidine rings is 1. The number of aromatic nitrogens is 1. The Morgan fingerprint density at radius 1 is 1.04 bits per heavy atom. The van der Waals surface area contributed by atoms with Gasteiger partial charge in [-0.05, 0) is 76.6 Å². The zero-order chi connectivity index (χ0) is 18.1. The van der Waals surface area contributed by atoms with Gasteiger partial charge in [-0.25, -0.2) is 8.78 Å². The van der Waals surface area contributed by atoms with Gasteiger partial charge in [0.1, 0.15) is 0 Å². The molecule has 2 N–H and O–H groups in total.